The molecule has 40 heavy (non-hydrogen) atoms. The molecule has 2 atom stereocenters. The normalized spacial score (nSPS) is 12.6. The SMILES string of the molecule is C[NH+](C)Cc1cccc(-c2ccc(C(=O)NC(Cc3ccccc3)C(CO)Cc3cccc(C(=N)N)c3)cc2)c1. The van der Waals surface area contributed by atoms with Crippen LogP contribution in [0, 0.1) is 11.3 Å². The molecule has 4 aromatic carbocycles. The number of hydrogen-bond acceptors (Lipinski definition) is 3. The minimum Gasteiger partial charge on any atom is -0.396 e. The van der Waals surface area contributed by atoms with Crippen LogP contribution >= 0.6 is 0 Å². The minimum absolute atomic E-state index is 0.00511. The number of nitrogen functional groups attached to an aromatic ring is 1. The van der Waals surface area contributed by atoms with E-state index in [4.69, 9.17) is 11.1 Å². The van der Waals surface area contributed by atoms with Crippen molar-refractivity contribution in [3.05, 3.63) is 131 Å². The molecule has 0 spiro atoms. The molecular weight excluding hydrogens is 496 g/mol. The molecule has 4 rings (SSSR count). The number of benzene rings is 4. The zero-order chi connectivity index (χ0) is 28.5. The summed E-state index contributed by atoms with van der Waals surface area (Å²) < 4.78 is 0. The van der Waals surface area contributed by atoms with E-state index < -0.39 is 0 Å². The average Bonchev–Trinajstić information content (AvgIpc) is 2.96. The molecule has 6 nitrogen and oxygen atoms in total. The van der Waals surface area contributed by atoms with Crippen molar-refractivity contribution in [2.75, 3.05) is 20.7 Å². The zero-order valence-corrected chi connectivity index (χ0v) is 23.2. The Morgan fingerprint density at radius 2 is 1.48 bits per heavy atom. The van der Waals surface area contributed by atoms with Crippen molar-refractivity contribution in [2.45, 2.75) is 25.4 Å². The first-order valence-corrected chi connectivity index (χ1v) is 13.7. The number of amidine groups is 1. The maximum atomic E-state index is 13.4. The van der Waals surface area contributed by atoms with Crippen LogP contribution < -0.4 is 16.0 Å². The van der Waals surface area contributed by atoms with E-state index in [0.29, 0.717) is 24.0 Å². The fourth-order valence-corrected chi connectivity index (χ4v) is 5.04. The number of aliphatic hydroxyl groups is 1. The third-order valence-corrected chi connectivity index (χ3v) is 7.12. The third-order valence-electron chi connectivity index (χ3n) is 7.12. The second-order valence-electron chi connectivity index (χ2n) is 10.7. The molecule has 0 heterocycles. The summed E-state index contributed by atoms with van der Waals surface area (Å²) in [5.41, 5.74) is 12.4. The molecular formula is C34H39N4O2+. The van der Waals surface area contributed by atoms with Gasteiger partial charge in [-0.05, 0) is 59.4 Å². The molecule has 206 valence electrons. The molecule has 6 N–H and O–H groups in total. The molecule has 0 radical (unpaired) electrons. The van der Waals surface area contributed by atoms with Crippen LogP contribution in [0.15, 0.2) is 103 Å². The minimum atomic E-state index is -0.300. The largest absolute Gasteiger partial charge is 0.396 e. The monoisotopic (exact) mass is 535 g/mol. The Morgan fingerprint density at radius 1 is 0.800 bits per heavy atom. The van der Waals surface area contributed by atoms with Crippen molar-refractivity contribution in [1.29, 1.82) is 5.41 Å². The number of rotatable bonds is 12. The summed E-state index contributed by atoms with van der Waals surface area (Å²) in [6.07, 6.45) is 1.13. The van der Waals surface area contributed by atoms with Crippen LogP contribution in [-0.4, -0.2) is 43.6 Å². The second-order valence-corrected chi connectivity index (χ2v) is 10.7. The van der Waals surface area contributed by atoms with E-state index in [9.17, 15) is 9.90 Å². The molecule has 6 heteroatoms. The maximum absolute atomic E-state index is 13.4. The highest BCUT2D eigenvalue weighted by Gasteiger charge is 2.24. The quantitative estimate of drug-likeness (QED) is 0.142. The van der Waals surface area contributed by atoms with Gasteiger partial charge in [0.05, 0.1) is 14.1 Å². The predicted octanol–water partition coefficient (Wildman–Crippen LogP) is 3.47. The van der Waals surface area contributed by atoms with Gasteiger partial charge in [-0.25, -0.2) is 0 Å². The summed E-state index contributed by atoms with van der Waals surface area (Å²) in [6.45, 7) is 0.855. The van der Waals surface area contributed by atoms with E-state index in [1.165, 1.54) is 10.5 Å². The maximum Gasteiger partial charge on any atom is 0.251 e. The fraction of sp³-hybridized carbons (Fsp3) is 0.235. The molecule has 4 aromatic rings. The van der Waals surface area contributed by atoms with E-state index in [0.717, 1.165) is 28.8 Å². The van der Waals surface area contributed by atoms with Crippen LogP contribution in [0.4, 0.5) is 0 Å². The van der Waals surface area contributed by atoms with Crippen LogP contribution in [0.5, 0.6) is 0 Å². The fourth-order valence-electron chi connectivity index (χ4n) is 5.04. The number of carbonyl (C=O) groups is 1. The number of nitrogens with two attached hydrogens (primary N) is 1. The summed E-state index contributed by atoms with van der Waals surface area (Å²) in [7, 11) is 4.27. The summed E-state index contributed by atoms with van der Waals surface area (Å²) in [6, 6.07) is 33.4. The van der Waals surface area contributed by atoms with Crippen molar-refractivity contribution in [3.8, 4) is 11.1 Å². The first-order valence-electron chi connectivity index (χ1n) is 13.7. The number of hydrogen-bond donors (Lipinski definition) is 5. The van der Waals surface area contributed by atoms with Gasteiger partial charge in [0, 0.05) is 35.3 Å². The van der Waals surface area contributed by atoms with Crippen LogP contribution in [0.1, 0.15) is 32.6 Å². The number of amides is 1. The molecule has 0 aliphatic rings. The Kier molecular flexibility index (Phi) is 9.84. The third kappa shape index (κ3) is 7.88. The van der Waals surface area contributed by atoms with E-state index >= 15 is 0 Å². The Hall–Kier alpha value is -4.26. The first kappa shape index (κ1) is 28.7. The van der Waals surface area contributed by atoms with Gasteiger partial charge in [-0.2, -0.15) is 0 Å². The van der Waals surface area contributed by atoms with Crippen molar-refractivity contribution in [2.24, 2.45) is 11.7 Å². The van der Waals surface area contributed by atoms with Gasteiger partial charge in [-0.3, -0.25) is 10.2 Å². The Morgan fingerprint density at radius 3 is 2.15 bits per heavy atom. The van der Waals surface area contributed by atoms with E-state index in [1.807, 2.05) is 72.8 Å². The van der Waals surface area contributed by atoms with E-state index in [1.54, 1.807) is 6.07 Å². The van der Waals surface area contributed by atoms with Crippen molar-refractivity contribution in [1.82, 2.24) is 5.32 Å². The summed E-state index contributed by atoms with van der Waals surface area (Å²) in [5.74, 6) is -0.397. The predicted molar refractivity (Wildman–Crippen MR) is 162 cm³/mol. The molecule has 0 bridgehead atoms. The highest BCUT2D eigenvalue weighted by Crippen LogP contribution is 2.22. The molecule has 0 saturated heterocycles. The Bertz CT molecular complexity index is 1420. The first-order chi connectivity index (χ1) is 19.3. The van der Waals surface area contributed by atoms with Crippen molar-refractivity contribution < 1.29 is 14.8 Å². The van der Waals surface area contributed by atoms with Gasteiger partial charge in [-0.15, -0.1) is 0 Å². The average molecular weight is 536 g/mol. The van der Waals surface area contributed by atoms with E-state index in [-0.39, 0.29) is 30.3 Å². The molecule has 1 amide bonds. The Labute approximate surface area is 237 Å². The smallest absolute Gasteiger partial charge is 0.251 e. The van der Waals surface area contributed by atoms with Crippen LogP contribution in [0.2, 0.25) is 0 Å². The lowest BCUT2D eigenvalue weighted by Gasteiger charge is -2.27. The van der Waals surface area contributed by atoms with Gasteiger partial charge >= 0.3 is 0 Å². The number of aliphatic hydroxyl groups excluding tert-OH is 1. The summed E-state index contributed by atoms with van der Waals surface area (Å²) >= 11 is 0. The lowest BCUT2D eigenvalue weighted by Crippen LogP contribution is -3.04. The number of quaternary nitrogens is 1. The molecule has 0 aliphatic carbocycles. The second kappa shape index (κ2) is 13.7. The standard InChI is InChI=1S/C34H38N4O2/c1-38(2)22-26-11-7-12-29(20-26)27-14-16-28(17-15-27)34(40)37-32(21-24-8-4-3-5-9-24)31(23-39)19-25-10-6-13-30(18-25)33(35)36/h3-18,20,31-32,39H,19,21-23H2,1-2H3,(H3,35,36)(H,37,40)/p+1. The highest BCUT2D eigenvalue weighted by molar-refractivity contribution is 5.95. The molecule has 0 aliphatic heterocycles. The molecule has 0 fully saturated rings. The van der Waals surface area contributed by atoms with Gasteiger partial charge < -0.3 is 21.1 Å². The highest BCUT2D eigenvalue weighted by atomic mass is 16.3. The van der Waals surface area contributed by atoms with Gasteiger partial charge in [0.2, 0.25) is 0 Å². The zero-order valence-electron chi connectivity index (χ0n) is 23.2. The lowest BCUT2D eigenvalue weighted by atomic mass is 9.88. The molecule has 2 unspecified atom stereocenters. The van der Waals surface area contributed by atoms with Crippen LogP contribution in [0.3, 0.4) is 0 Å². The Balaban J connectivity index is 1.53. The summed E-state index contributed by atoms with van der Waals surface area (Å²) in [5, 5.41) is 21.4. The van der Waals surface area contributed by atoms with Crippen molar-refractivity contribution in [3.63, 3.8) is 0 Å². The van der Waals surface area contributed by atoms with Gasteiger partial charge in [0.1, 0.15) is 12.4 Å². The van der Waals surface area contributed by atoms with Gasteiger partial charge in [0.25, 0.3) is 5.91 Å². The molecule has 0 aromatic heterocycles. The summed E-state index contributed by atoms with van der Waals surface area (Å²) in [4.78, 5) is 14.8. The van der Waals surface area contributed by atoms with Crippen LogP contribution in [-0.2, 0) is 19.4 Å². The van der Waals surface area contributed by atoms with Crippen molar-refractivity contribution >= 4 is 11.7 Å². The van der Waals surface area contributed by atoms with Crippen LogP contribution in [0.25, 0.3) is 11.1 Å². The number of nitrogens with one attached hydrogen (secondary N) is 3. The number of carbonyl (C=O) groups excluding carboxylic acids is 1. The molecule has 0 saturated carbocycles. The topological polar surface area (TPSA) is 104 Å². The van der Waals surface area contributed by atoms with Gasteiger partial charge in [0.15, 0.2) is 0 Å². The van der Waals surface area contributed by atoms with E-state index in [2.05, 4.69) is 43.7 Å². The van der Waals surface area contributed by atoms with Gasteiger partial charge in [-0.1, -0.05) is 78.9 Å². The lowest BCUT2D eigenvalue weighted by molar-refractivity contribution is -0.872.